The number of aliphatic hydroxyl groups excluding tert-OH is 1. The van der Waals surface area contributed by atoms with Crippen LogP contribution in [0.25, 0.3) is 10.2 Å². The SMILES string of the molecule is CC(CO)NC(=O)c1cc2cc3c(nc2s1)CCC(C(C)(C)C)C3. The molecule has 0 spiro atoms. The van der Waals surface area contributed by atoms with Gasteiger partial charge in [-0.1, -0.05) is 20.8 Å². The summed E-state index contributed by atoms with van der Waals surface area (Å²) in [5.41, 5.74) is 2.84. The molecule has 2 unspecified atom stereocenters. The highest BCUT2D eigenvalue weighted by Gasteiger charge is 2.29. The third kappa shape index (κ3) is 3.47. The Morgan fingerprint density at radius 3 is 2.88 bits per heavy atom. The van der Waals surface area contributed by atoms with Crippen molar-refractivity contribution >= 4 is 27.5 Å². The molecule has 1 aliphatic rings. The monoisotopic (exact) mass is 346 g/mol. The molecular formula is C19H26N2O2S. The zero-order chi connectivity index (χ0) is 17.5. The number of amides is 1. The molecule has 2 atom stereocenters. The van der Waals surface area contributed by atoms with Crippen molar-refractivity contribution in [3.8, 4) is 0 Å². The van der Waals surface area contributed by atoms with Gasteiger partial charge in [0.25, 0.3) is 5.91 Å². The molecule has 3 rings (SSSR count). The van der Waals surface area contributed by atoms with Crippen LogP contribution in [-0.2, 0) is 12.8 Å². The molecule has 0 radical (unpaired) electrons. The van der Waals surface area contributed by atoms with Crippen LogP contribution in [0, 0.1) is 11.3 Å². The summed E-state index contributed by atoms with van der Waals surface area (Å²) in [4.78, 5) is 18.7. The molecule has 5 heteroatoms. The van der Waals surface area contributed by atoms with E-state index in [1.165, 1.54) is 29.0 Å². The van der Waals surface area contributed by atoms with Crippen molar-refractivity contribution in [2.24, 2.45) is 11.3 Å². The lowest BCUT2D eigenvalue weighted by atomic mass is 9.71. The van der Waals surface area contributed by atoms with Crippen LogP contribution in [0.15, 0.2) is 12.1 Å². The topological polar surface area (TPSA) is 62.2 Å². The average molecular weight is 346 g/mol. The van der Waals surface area contributed by atoms with E-state index in [1.54, 1.807) is 6.92 Å². The second-order valence-corrected chi connectivity index (χ2v) is 8.99. The molecule has 0 aromatic carbocycles. The highest BCUT2D eigenvalue weighted by molar-refractivity contribution is 7.20. The highest BCUT2D eigenvalue weighted by Crippen LogP contribution is 2.38. The van der Waals surface area contributed by atoms with E-state index in [-0.39, 0.29) is 18.6 Å². The Hall–Kier alpha value is -1.46. The van der Waals surface area contributed by atoms with Crippen molar-refractivity contribution < 1.29 is 9.90 Å². The molecule has 4 nitrogen and oxygen atoms in total. The zero-order valence-corrected chi connectivity index (χ0v) is 15.7. The number of rotatable bonds is 3. The Balaban J connectivity index is 1.88. The molecule has 0 bridgehead atoms. The van der Waals surface area contributed by atoms with Gasteiger partial charge in [-0.15, -0.1) is 11.3 Å². The van der Waals surface area contributed by atoms with Crippen LogP contribution in [0.3, 0.4) is 0 Å². The molecule has 2 N–H and O–H groups in total. The van der Waals surface area contributed by atoms with Crippen molar-refractivity contribution in [3.05, 3.63) is 28.3 Å². The predicted octanol–water partition coefficient (Wildman–Crippen LogP) is 3.56. The van der Waals surface area contributed by atoms with Crippen LogP contribution in [-0.4, -0.2) is 28.6 Å². The standard InChI is InChI=1S/C19H26N2O2S/c1-11(10-22)20-17(23)16-9-13-7-12-8-14(19(2,3)4)5-6-15(12)21-18(13)24-16/h7,9,11,14,22H,5-6,8,10H2,1-4H3,(H,20,23). The van der Waals surface area contributed by atoms with Gasteiger partial charge in [0.1, 0.15) is 4.83 Å². The van der Waals surface area contributed by atoms with Crippen molar-refractivity contribution in [2.45, 2.75) is 53.0 Å². The number of carbonyl (C=O) groups is 1. The van der Waals surface area contributed by atoms with E-state index in [4.69, 9.17) is 10.1 Å². The van der Waals surface area contributed by atoms with Gasteiger partial charge >= 0.3 is 0 Å². The normalized spacial score (nSPS) is 19.1. The molecule has 0 aliphatic heterocycles. The molecule has 0 saturated carbocycles. The zero-order valence-electron chi connectivity index (χ0n) is 14.8. The Morgan fingerprint density at radius 2 is 2.21 bits per heavy atom. The first kappa shape index (κ1) is 17.4. The van der Waals surface area contributed by atoms with Gasteiger partial charge in [-0.2, -0.15) is 0 Å². The van der Waals surface area contributed by atoms with Crippen molar-refractivity contribution in [1.82, 2.24) is 10.3 Å². The van der Waals surface area contributed by atoms with Gasteiger partial charge in [0.05, 0.1) is 11.5 Å². The number of aliphatic hydroxyl groups is 1. The molecule has 0 fully saturated rings. The molecule has 1 amide bonds. The van der Waals surface area contributed by atoms with Gasteiger partial charge in [0.15, 0.2) is 0 Å². The Bertz CT molecular complexity index is 761. The molecule has 1 aliphatic carbocycles. The summed E-state index contributed by atoms with van der Waals surface area (Å²) in [5, 5.41) is 12.9. The Labute approximate surface area is 147 Å². The minimum atomic E-state index is -0.239. The maximum absolute atomic E-state index is 12.2. The van der Waals surface area contributed by atoms with E-state index in [9.17, 15) is 4.79 Å². The summed E-state index contributed by atoms with van der Waals surface area (Å²) in [5.74, 6) is 0.543. The fraction of sp³-hybridized carbons (Fsp3) is 0.579. The quantitative estimate of drug-likeness (QED) is 0.893. The first-order valence-corrected chi connectivity index (χ1v) is 9.43. The summed E-state index contributed by atoms with van der Waals surface area (Å²) >= 11 is 1.43. The number of aryl methyl sites for hydroxylation is 1. The first-order valence-electron chi connectivity index (χ1n) is 8.62. The fourth-order valence-electron chi connectivity index (χ4n) is 3.32. The number of pyridine rings is 1. The summed E-state index contributed by atoms with van der Waals surface area (Å²) < 4.78 is 0. The predicted molar refractivity (Wildman–Crippen MR) is 98.6 cm³/mol. The molecule has 0 saturated heterocycles. The fourth-order valence-corrected chi connectivity index (χ4v) is 4.25. The van der Waals surface area contributed by atoms with Crippen LogP contribution in [0.4, 0.5) is 0 Å². The maximum Gasteiger partial charge on any atom is 0.261 e. The van der Waals surface area contributed by atoms with E-state index < -0.39 is 0 Å². The van der Waals surface area contributed by atoms with E-state index in [0.29, 0.717) is 16.2 Å². The van der Waals surface area contributed by atoms with Gasteiger partial charge in [-0.05, 0) is 55.2 Å². The number of nitrogens with one attached hydrogen (secondary N) is 1. The van der Waals surface area contributed by atoms with E-state index in [1.807, 2.05) is 6.07 Å². The van der Waals surface area contributed by atoms with Crippen molar-refractivity contribution in [1.29, 1.82) is 0 Å². The van der Waals surface area contributed by atoms with Gasteiger partial charge in [-0.3, -0.25) is 4.79 Å². The van der Waals surface area contributed by atoms with Crippen molar-refractivity contribution in [3.63, 3.8) is 0 Å². The second kappa shape index (κ2) is 6.45. The van der Waals surface area contributed by atoms with Gasteiger partial charge in [0, 0.05) is 17.1 Å². The van der Waals surface area contributed by atoms with Crippen LogP contribution in [0.1, 0.15) is 55.0 Å². The Morgan fingerprint density at radius 1 is 1.46 bits per heavy atom. The van der Waals surface area contributed by atoms with Gasteiger partial charge in [-0.25, -0.2) is 4.98 Å². The number of fused-ring (bicyclic) bond motifs is 2. The molecule has 2 aromatic rings. The lowest BCUT2D eigenvalue weighted by Gasteiger charge is -2.34. The number of thiophene rings is 1. The van der Waals surface area contributed by atoms with Crippen LogP contribution in [0.5, 0.6) is 0 Å². The number of hydrogen-bond acceptors (Lipinski definition) is 4. The third-order valence-electron chi connectivity index (χ3n) is 4.97. The van der Waals surface area contributed by atoms with E-state index >= 15 is 0 Å². The smallest absolute Gasteiger partial charge is 0.261 e. The molecule has 2 heterocycles. The maximum atomic E-state index is 12.2. The molecule has 24 heavy (non-hydrogen) atoms. The van der Waals surface area contributed by atoms with Crippen LogP contribution >= 0.6 is 11.3 Å². The average Bonchev–Trinajstić information content (AvgIpc) is 2.93. The summed E-state index contributed by atoms with van der Waals surface area (Å²) in [6, 6.07) is 3.91. The van der Waals surface area contributed by atoms with Crippen LogP contribution in [0.2, 0.25) is 0 Å². The lowest BCUT2D eigenvalue weighted by Crippen LogP contribution is -2.34. The third-order valence-corrected chi connectivity index (χ3v) is 6.02. The highest BCUT2D eigenvalue weighted by atomic mass is 32.1. The van der Waals surface area contributed by atoms with Crippen molar-refractivity contribution in [2.75, 3.05) is 6.61 Å². The number of aromatic nitrogens is 1. The molecule has 130 valence electrons. The van der Waals surface area contributed by atoms with Crippen LogP contribution < -0.4 is 5.32 Å². The largest absolute Gasteiger partial charge is 0.394 e. The summed E-state index contributed by atoms with van der Waals surface area (Å²) in [6.07, 6.45) is 3.27. The first-order chi connectivity index (χ1) is 11.3. The number of hydrogen-bond donors (Lipinski definition) is 2. The molecular weight excluding hydrogens is 320 g/mol. The minimum absolute atomic E-state index is 0.0582. The van der Waals surface area contributed by atoms with Gasteiger partial charge in [0.2, 0.25) is 0 Å². The number of nitrogens with zero attached hydrogens (tertiary/aromatic N) is 1. The number of carbonyl (C=O) groups excluding carboxylic acids is 1. The Kier molecular flexibility index (Phi) is 4.67. The van der Waals surface area contributed by atoms with E-state index in [0.717, 1.165) is 23.1 Å². The van der Waals surface area contributed by atoms with E-state index in [2.05, 4.69) is 32.2 Å². The molecule has 2 aromatic heterocycles. The second-order valence-electron chi connectivity index (χ2n) is 7.96. The minimum Gasteiger partial charge on any atom is -0.394 e. The van der Waals surface area contributed by atoms with Gasteiger partial charge < -0.3 is 10.4 Å². The lowest BCUT2D eigenvalue weighted by molar-refractivity contribution is 0.0926. The summed E-state index contributed by atoms with van der Waals surface area (Å²) in [7, 11) is 0. The summed E-state index contributed by atoms with van der Waals surface area (Å²) in [6.45, 7) is 8.66.